The fraction of sp³-hybridized carbons (Fsp3) is 0.421. The first-order valence-electron chi connectivity index (χ1n) is 8.84. The van der Waals surface area contributed by atoms with Gasteiger partial charge in [0, 0.05) is 19.0 Å². The highest BCUT2D eigenvalue weighted by atomic mass is 19.1. The van der Waals surface area contributed by atoms with Gasteiger partial charge in [-0.2, -0.15) is 5.10 Å². The van der Waals surface area contributed by atoms with Crippen molar-refractivity contribution < 1.29 is 9.18 Å². The van der Waals surface area contributed by atoms with Crippen LogP contribution < -0.4 is 10.2 Å². The molecule has 1 N–H and O–H groups in total. The summed E-state index contributed by atoms with van der Waals surface area (Å²) >= 11 is 0. The summed E-state index contributed by atoms with van der Waals surface area (Å²) in [4.78, 5) is 14.6. The molecule has 2 aromatic rings. The van der Waals surface area contributed by atoms with Crippen LogP contribution in [0.2, 0.25) is 0 Å². The van der Waals surface area contributed by atoms with E-state index < -0.39 is 5.82 Å². The molecule has 0 radical (unpaired) electrons. The van der Waals surface area contributed by atoms with Crippen molar-refractivity contribution in [3.63, 3.8) is 0 Å². The molecule has 1 atom stereocenters. The maximum Gasteiger partial charge on any atom is 0.229 e. The number of carbonyl (C=O) groups is 1. The number of para-hydroxylation sites is 1. The van der Waals surface area contributed by atoms with Crippen molar-refractivity contribution in [2.75, 3.05) is 23.3 Å². The van der Waals surface area contributed by atoms with Crippen LogP contribution in [-0.4, -0.2) is 29.2 Å². The number of benzene rings is 1. The Morgan fingerprint density at radius 1 is 1.12 bits per heavy atom. The number of nitrogens with zero attached hydrogens (tertiary/aromatic N) is 3. The number of piperidine rings is 1. The molecule has 1 aromatic carbocycles. The molecule has 1 saturated carbocycles. The zero-order valence-corrected chi connectivity index (χ0v) is 14.0. The van der Waals surface area contributed by atoms with Gasteiger partial charge in [0.2, 0.25) is 5.91 Å². The Balaban J connectivity index is 1.41. The number of carbonyl (C=O) groups excluding carboxylic acids is 1. The number of nitrogens with one attached hydrogen (secondary N) is 1. The van der Waals surface area contributed by atoms with Crippen LogP contribution in [0.25, 0.3) is 0 Å². The highest BCUT2D eigenvalue weighted by molar-refractivity contribution is 5.93. The minimum Gasteiger partial charge on any atom is -0.354 e. The molecule has 1 unspecified atom stereocenters. The largest absolute Gasteiger partial charge is 0.354 e. The quantitative estimate of drug-likeness (QED) is 0.927. The average molecular weight is 340 g/mol. The van der Waals surface area contributed by atoms with E-state index in [9.17, 15) is 9.18 Å². The number of hydrogen-bond acceptors (Lipinski definition) is 4. The summed E-state index contributed by atoms with van der Waals surface area (Å²) in [6.45, 7) is 1.44. The van der Waals surface area contributed by atoms with Crippen LogP contribution in [0.15, 0.2) is 36.4 Å². The van der Waals surface area contributed by atoms with E-state index in [1.165, 1.54) is 18.9 Å². The Bertz CT molecular complexity index is 760. The number of amides is 1. The molecule has 0 spiro atoms. The molecule has 4 rings (SSSR count). The Labute approximate surface area is 146 Å². The van der Waals surface area contributed by atoms with Gasteiger partial charge in [-0.05, 0) is 49.9 Å². The number of halogens is 1. The second-order valence-electron chi connectivity index (χ2n) is 6.84. The summed E-state index contributed by atoms with van der Waals surface area (Å²) in [5.74, 6) is 0.663. The highest BCUT2D eigenvalue weighted by Crippen LogP contribution is 2.38. The molecule has 1 aliphatic heterocycles. The van der Waals surface area contributed by atoms with Crippen LogP contribution in [0, 0.1) is 11.7 Å². The Morgan fingerprint density at radius 2 is 1.96 bits per heavy atom. The average Bonchev–Trinajstić information content (AvgIpc) is 3.49. The lowest BCUT2D eigenvalue weighted by molar-refractivity contribution is -0.120. The zero-order chi connectivity index (χ0) is 17.2. The third kappa shape index (κ3) is 3.62. The minimum absolute atomic E-state index is 0.141. The molecule has 1 aromatic heterocycles. The molecule has 5 nitrogen and oxygen atoms in total. The van der Waals surface area contributed by atoms with Crippen LogP contribution in [0.5, 0.6) is 0 Å². The maximum absolute atomic E-state index is 13.7. The van der Waals surface area contributed by atoms with Crippen molar-refractivity contribution in [3.05, 3.63) is 47.9 Å². The second kappa shape index (κ2) is 6.78. The molecular weight excluding hydrogens is 319 g/mol. The first-order chi connectivity index (χ1) is 12.2. The summed E-state index contributed by atoms with van der Waals surface area (Å²) in [5, 5.41) is 11.4. The predicted molar refractivity (Wildman–Crippen MR) is 94.0 cm³/mol. The Morgan fingerprint density at radius 3 is 2.68 bits per heavy atom. The van der Waals surface area contributed by atoms with E-state index in [0.717, 1.165) is 30.9 Å². The highest BCUT2D eigenvalue weighted by Gasteiger charge is 2.28. The lowest BCUT2D eigenvalue weighted by Gasteiger charge is -2.32. The van der Waals surface area contributed by atoms with Gasteiger partial charge in [-0.25, -0.2) is 4.39 Å². The summed E-state index contributed by atoms with van der Waals surface area (Å²) in [6, 6.07) is 10.3. The maximum atomic E-state index is 13.7. The van der Waals surface area contributed by atoms with E-state index in [1.54, 1.807) is 18.2 Å². The number of hydrogen-bond donors (Lipinski definition) is 1. The van der Waals surface area contributed by atoms with Crippen LogP contribution in [-0.2, 0) is 4.79 Å². The molecule has 130 valence electrons. The SMILES string of the molecule is O=C(Nc1ccccc1F)C1CCCN(c2ccc(C3CC3)nn2)C1. The summed E-state index contributed by atoms with van der Waals surface area (Å²) in [7, 11) is 0. The minimum atomic E-state index is -0.412. The van der Waals surface area contributed by atoms with Crippen molar-refractivity contribution >= 4 is 17.4 Å². The molecule has 1 amide bonds. The van der Waals surface area contributed by atoms with Crippen LogP contribution in [0.1, 0.15) is 37.3 Å². The molecule has 1 saturated heterocycles. The topological polar surface area (TPSA) is 58.1 Å². The summed E-state index contributed by atoms with van der Waals surface area (Å²) in [6.07, 6.45) is 4.11. The zero-order valence-electron chi connectivity index (χ0n) is 14.0. The van der Waals surface area contributed by atoms with Gasteiger partial charge in [-0.1, -0.05) is 12.1 Å². The molecule has 0 bridgehead atoms. The van der Waals surface area contributed by atoms with Crippen molar-refractivity contribution in [2.24, 2.45) is 5.92 Å². The van der Waals surface area contributed by atoms with Gasteiger partial charge in [-0.15, -0.1) is 5.10 Å². The van der Waals surface area contributed by atoms with Gasteiger partial charge in [0.15, 0.2) is 5.82 Å². The summed E-state index contributed by atoms with van der Waals surface area (Å²) in [5.41, 5.74) is 1.30. The van der Waals surface area contributed by atoms with E-state index >= 15 is 0 Å². The number of anilines is 2. The molecule has 2 heterocycles. The molecular formula is C19H21FN4O. The van der Waals surface area contributed by atoms with E-state index in [-0.39, 0.29) is 17.5 Å². The molecule has 25 heavy (non-hydrogen) atoms. The fourth-order valence-electron chi connectivity index (χ4n) is 3.30. The van der Waals surface area contributed by atoms with Gasteiger partial charge in [0.05, 0.1) is 17.3 Å². The van der Waals surface area contributed by atoms with Crippen molar-refractivity contribution in [1.82, 2.24) is 10.2 Å². The number of rotatable bonds is 4. The lowest BCUT2D eigenvalue weighted by Crippen LogP contribution is -2.41. The normalized spacial score (nSPS) is 20.4. The van der Waals surface area contributed by atoms with Gasteiger partial charge in [0.1, 0.15) is 5.82 Å². The van der Waals surface area contributed by atoms with Gasteiger partial charge in [-0.3, -0.25) is 4.79 Å². The smallest absolute Gasteiger partial charge is 0.229 e. The Kier molecular flexibility index (Phi) is 4.34. The van der Waals surface area contributed by atoms with Crippen molar-refractivity contribution in [3.8, 4) is 0 Å². The first kappa shape index (κ1) is 16.0. The molecule has 6 heteroatoms. The van der Waals surface area contributed by atoms with E-state index in [0.29, 0.717) is 12.5 Å². The fourth-order valence-corrected chi connectivity index (χ4v) is 3.30. The summed E-state index contributed by atoms with van der Waals surface area (Å²) < 4.78 is 13.7. The Hall–Kier alpha value is -2.50. The van der Waals surface area contributed by atoms with E-state index in [2.05, 4.69) is 20.4 Å². The first-order valence-corrected chi connectivity index (χ1v) is 8.84. The van der Waals surface area contributed by atoms with E-state index in [4.69, 9.17) is 0 Å². The second-order valence-corrected chi connectivity index (χ2v) is 6.84. The molecule has 2 aliphatic rings. The van der Waals surface area contributed by atoms with Crippen LogP contribution >= 0.6 is 0 Å². The van der Waals surface area contributed by atoms with Gasteiger partial charge < -0.3 is 10.2 Å². The van der Waals surface area contributed by atoms with Crippen molar-refractivity contribution in [1.29, 1.82) is 0 Å². The van der Waals surface area contributed by atoms with Crippen molar-refractivity contribution in [2.45, 2.75) is 31.6 Å². The lowest BCUT2D eigenvalue weighted by atomic mass is 9.97. The molecule has 2 fully saturated rings. The third-order valence-electron chi connectivity index (χ3n) is 4.91. The molecule has 1 aliphatic carbocycles. The monoisotopic (exact) mass is 340 g/mol. The van der Waals surface area contributed by atoms with Crippen LogP contribution in [0.4, 0.5) is 15.9 Å². The predicted octanol–water partition coefficient (Wildman–Crippen LogP) is 3.35. The third-order valence-corrected chi connectivity index (χ3v) is 4.91. The van der Waals surface area contributed by atoms with E-state index in [1.807, 2.05) is 12.1 Å². The number of aromatic nitrogens is 2. The van der Waals surface area contributed by atoms with Gasteiger partial charge >= 0.3 is 0 Å². The standard InChI is InChI=1S/C19H21FN4O/c20-15-5-1-2-6-17(15)21-19(25)14-4-3-11-24(12-14)18-10-9-16(22-23-18)13-7-8-13/h1-2,5-6,9-10,13-14H,3-4,7-8,11-12H2,(H,21,25). The van der Waals surface area contributed by atoms with Crippen LogP contribution in [0.3, 0.4) is 0 Å². The van der Waals surface area contributed by atoms with Gasteiger partial charge in [0.25, 0.3) is 0 Å².